The van der Waals surface area contributed by atoms with Gasteiger partial charge in [-0.15, -0.1) is 4.03 Å². The first-order valence-electron chi connectivity index (χ1n) is 4.44. The van der Waals surface area contributed by atoms with Crippen molar-refractivity contribution >= 4 is 48.4 Å². The second-order valence-corrected chi connectivity index (χ2v) is 5.07. The monoisotopic (exact) mass is 411 g/mol. The molecule has 0 radical (unpaired) electrons. The Morgan fingerprint density at radius 1 is 1.06 bits per heavy atom. The first-order valence-corrected chi connectivity index (χ1v) is 6.57. The van der Waals surface area contributed by atoms with Crippen LogP contribution in [0.25, 0.3) is 0 Å². The first-order chi connectivity index (χ1) is 7.68. The van der Waals surface area contributed by atoms with E-state index in [1.54, 1.807) is 12.2 Å². The number of nitrogens with zero attached hydrogens (tertiary/aromatic N) is 3. The van der Waals surface area contributed by atoms with E-state index in [1.165, 1.54) is 0 Å². The van der Waals surface area contributed by atoms with Crippen LogP contribution in [0, 0.1) is 0 Å². The third kappa shape index (κ3) is 2.78. The molecule has 1 aliphatic rings. The molecule has 86 valence electrons. The van der Waals surface area contributed by atoms with Crippen molar-refractivity contribution in [1.29, 1.82) is 0 Å². The smallest absolute Gasteiger partial charge is 0.198 e. The van der Waals surface area contributed by atoms with Gasteiger partial charge in [0.25, 0.3) is 0 Å². The second kappa shape index (κ2) is 5.50. The normalized spacial score (nSPS) is 22.4. The SMILES string of the molecule is BrN1C=CC(Oc2ccccc2)N(Br)N1Br. The lowest BCUT2D eigenvalue weighted by Crippen LogP contribution is -2.45. The molecule has 0 N–H and O–H groups in total. The fourth-order valence-electron chi connectivity index (χ4n) is 1.17. The maximum absolute atomic E-state index is 5.76. The molecule has 1 unspecified atom stereocenters. The molecular formula is C9H8Br3N3O. The van der Waals surface area contributed by atoms with E-state index in [2.05, 4.69) is 48.4 Å². The summed E-state index contributed by atoms with van der Waals surface area (Å²) in [5.41, 5.74) is 0. The van der Waals surface area contributed by atoms with Gasteiger partial charge in [-0.2, -0.15) is 0 Å². The van der Waals surface area contributed by atoms with Gasteiger partial charge in [-0.3, -0.25) is 0 Å². The van der Waals surface area contributed by atoms with E-state index in [9.17, 15) is 0 Å². The van der Waals surface area contributed by atoms with Gasteiger partial charge >= 0.3 is 0 Å². The molecule has 0 amide bonds. The number of hydrogen-bond donors (Lipinski definition) is 0. The van der Waals surface area contributed by atoms with Gasteiger partial charge in [0, 0.05) is 22.3 Å². The lowest BCUT2D eigenvalue weighted by molar-refractivity contribution is -0.0170. The molecule has 1 aliphatic heterocycles. The number of hydrazine groups is 2. The summed E-state index contributed by atoms with van der Waals surface area (Å²) < 4.78 is 10.8. The van der Waals surface area contributed by atoms with Crippen molar-refractivity contribution in [2.24, 2.45) is 0 Å². The lowest BCUT2D eigenvalue weighted by atomic mass is 10.3. The highest BCUT2D eigenvalue weighted by atomic mass is 79.9. The molecule has 0 aliphatic carbocycles. The van der Waals surface area contributed by atoms with Crippen LogP contribution in [0.1, 0.15) is 0 Å². The third-order valence-corrected chi connectivity index (χ3v) is 4.67. The van der Waals surface area contributed by atoms with Crippen molar-refractivity contribution in [2.75, 3.05) is 0 Å². The molecular weight excluding hydrogens is 406 g/mol. The van der Waals surface area contributed by atoms with Crippen LogP contribution in [0.3, 0.4) is 0 Å². The van der Waals surface area contributed by atoms with E-state index in [1.807, 2.05) is 42.6 Å². The maximum atomic E-state index is 5.76. The average molecular weight is 414 g/mol. The molecule has 7 heteroatoms. The summed E-state index contributed by atoms with van der Waals surface area (Å²) in [5, 5.41) is 0. The van der Waals surface area contributed by atoms with E-state index in [0.717, 1.165) is 5.75 Å². The predicted octanol–water partition coefficient (Wildman–Crippen LogP) is 3.58. The number of halogens is 3. The number of benzene rings is 1. The molecule has 0 spiro atoms. The molecule has 0 bridgehead atoms. The van der Waals surface area contributed by atoms with Crippen molar-refractivity contribution in [3.63, 3.8) is 0 Å². The fourth-order valence-corrected chi connectivity index (χ4v) is 2.31. The number of rotatable bonds is 2. The van der Waals surface area contributed by atoms with Crippen LogP contribution < -0.4 is 4.74 Å². The zero-order valence-electron chi connectivity index (χ0n) is 8.00. The highest BCUT2D eigenvalue weighted by molar-refractivity contribution is 9.10. The Morgan fingerprint density at radius 2 is 1.75 bits per heavy atom. The molecule has 0 saturated heterocycles. The van der Waals surface area contributed by atoms with Crippen molar-refractivity contribution in [3.8, 4) is 5.75 Å². The Bertz CT molecular complexity index is 376. The Kier molecular flexibility index (Phi) is 4.26. The third-order valence-electron chi connectivity index (χ3n) is 1.90. The van der Waals surface area contributed by atoms with E-state index < -0.39 is 0 Å². The Morgan fingerprint density at radius 3 is 2.44 bits per heavy atom. The van der Waals surface area contributed by atoms with Crippen LogP contribution in [0.15, 0.2) is 42.6 Å². The van der Waals surface area contributed by atoms with E-state index in [-0.39, 0.29) is 6.23 Å². The fraction of sp³-hybridized carbons (Fsp3) is 0.111. The second-order valence-electron chi connectivity index (χ2n) is 2.98. The minimum absolute atomic E-state index is 0.226. The van der Waals surface area contributed by atoms with Gasteiger partial charge in [-0.25, -0.2) is 4.03 Å². The first kappa shape index (κ1) is 12.4. The lowest BCUT2D eigenvalue weighted by Gasteiger charge is -2.36. The van der Waals surface area contributed by atoms with E-state index in [0.29, 0.717) is 0 Å². The zero-order valence-corrected chi connectivity index (χ0v) is 12.8. The minimum Gasteiger partial charge on any atom is -0.469 e. The van der Waals surface area contributed by atoms with Crippen molar-refractivity contribution in [2.45, 2.75) is 6.23 Å². The molecule has 1 atom stereocenters. The zero-order chi connectivity index (χ0) is 11.5. The molecule has 0 aromatic heterocycles. The average Bonchev–Trinajstić information content (AvgIpc) is 2.31. The summed E-state index contributed by atoms with van der Waals surface area (Å²) in [6, 6.07) is 9.64. The molecule has 1 heterocycles. The van der Waals surface area contributed by atoms with Gasteiger partial charge in [0.05, 0.1) is 32.3 Å². The molecule has 1 aromatic carbocycles. The summed E-state index contributed by atoms with van der Waals surface area (Å²) in [6.45, 7) is 0. The predicted molar refractivity (Wildman–Crippen MR) is 72.3 cm³/mol. The highest BCUT2D eigenvalue weighted by Crippen LogP contribution is 2.27. The van der Waals surface area contributed by atoms with Crippen LogP contribution in [0.5, 0.6) is 5.75 Å². The number of hydrogen-bond acceptors (Lipinski definition) is 4. The van der Waals surface area contributed by atoms with Crippen molar-refractivity contribution in [1.82, 2.24) is 12.2 Å². The molecule has 2 rings (SSSR count). The summed E-state index contributed by atoms with van der Waals surface area (Å²) in [4.78, 5) is 0. The molecule has 4 nitrogen and oxygen atoms in total. The van der Waals surface area contributed by atoms with Crippen LogP contribution >= 0.6 is 48.4 Å². The van der Waals surface area contributed by atoms with Gasteiger partial charge in [-0.05, 0) is 18.2 Å². The minimum atomic E-state index is -0.226. The van der Waals surface area contributed by atoms with Gasteiger partial charge in [0.15, 0.2) is 6.23 Å². The number of para-hydroxylation sites is 1. The number of ether oxygens (including phenoxy) is 1. The Balaban J connectivity index is 2.08. The van der Waals surface area contributed by atoms with Gasteiger partial charge in [-0.1, -0.05) is 22.3 Å². The Labute approximate surface area is 119 Å². The van der Waals surface area contributed by atoms with Crippen molar-refractivity contribution < 1.29 is 4.74 Å². The summed E-state index contributed by atoms with van der Waals surface area (Å²) in [5.74, 6) is 0.811. The Hall–Kier alpha value is -0.0800. The van der Waals surface area contributed by atoms with E-state index in [4.69, 9.17) is 4.74 Å². The van der Waals surface area contributed by atoms with Gasteiger partial charge in [0.1, 0.15) is 5.75 Å². The largest absolute Gasteiger partial charge is 0.469 e. The summed E-state index contributed by atoms with van der Waals surface area (Å²) >= 11 is 10.0. The van der Waals surface area contributed by atoms with Gasteiger partial charge < -0.3 is 4.74 Å². The molecule has 16 heavy (non-hydrogen) atoms. The van der Waals surface area contributed by atoms with Crippen LogP contribution in [0.4, 0.5) is 0 Å². The topological polar surface area (TPSA) is 19.0 Å². The van der Waals surface area contributed by atoms with E-state index >= 15 is 0 Å². The van der Waals surface area contributed by atoms with Crippen LogP contribution in [-0.4, -0.2) is 18.4 Å². The summed E-state index contributed by atoms with van der Waals surface area (Å²) in [6.07, 6.45) is 3.50. The van der Waals surface area contributed by atoms with Crippen molar-refractivity contribution in [3.05, 3.63) is 42.6 Å². The van der Waals surface area contributed by atoms with Gasteiger partial charge in [0.2, 0.25) is 0 Å². The maximum Gasteiger partial charge on any atom is 0.198 e. The molecule has 0 fully saturated rings. The molecule has 0 saturated carbocycles. The van der Waals surface area contributed by atoms with Crippen LogP contribution in [0.2, 0.25) is 0 Å². The highest BCUT2D eigenvalue weighted by Gasteiger charge is 2.27. The van der Waals surface area contributed by atoms with Crippen LogP contribution in [-0.2, 0) is 0 Å². The molecule has 1 aromatic rings. The summed E-state index contributed by atoms with van der Waals surface area (Å²) in [7, 11) is 0. The standard InChI is InChI=1S/C9H8Br3N3O/c10-13-7-6-9(14(11)15(13)12)16-8-4-2-1-3-5-8/h1-7,9H. The quantitative estimate of drug-likeness (QED) is 0.690.